The molecule has 0 fully saturated rings. The molecule has 1 aromatic carbocycles. The Labute approximate surface area is 120 Å². The van der Waals surface area contributed by atoms with E-state index in [9.17, 15) is 13.2 Å². The van der Waals surface area contributed by atoms with Gasteiger partial charge in [0.25, 0.3) is 0 Å². The summed E-state index contributed by atoms with van der Waals surface area (Å²) in [6, 6.07) is 3.73. The molecule has 1 heterocycles. The van der Waals surface area contributed by atoms with E-state index in [2.05, 4.69) is 4.98 Å². The van der Waals surface area contributed by atoms with Crippen LogP contribution in [0.1, 0.15) is 18.5 Å². The Morgan fingerprint density at radius 3 is 2.55 bits per heavy atom. The average molecular weight is 303 g/mol. The van der Waals surface area contributed by atoms with Gasteiger partial charge in [-0.2, -0.15) is 13.2 Å². The van der Waals surface area contributed by atoms with Crippen molar-refractivity contribution in [1.29, 1.82) is 0 Å². The second-order valence-electron chi connectivity index (χ2n) is 5.14. The first-order valence-electron chi connectivity index (χ1n) is 6.16. The Morgan fingerprint density at radius 2 is 2.00 bits per heavy atom. The minimum Gasteiger partial charge on any atom is -0.331 e. The lowest BCUT2D eigenvalue weighted by Gasteiger charge is -2.19. The van der Waals surface area contributed by atoms with Gasteiger partial charge in [0.15, 0.2) is 4.77 Å². The molecule has 1 N–H and O–H groups in total. The minimum atomic E-state index is -4.35. The summed E-state index contributed by atoms with van der Waals surface area (Å²) in [5, 5.41) is 0. The van der Waals surface area contributed by atoms with Crippen molar-refractivity contribution in [3.8, 4) is 0 Å². The number of benzene rings is 1. The van der Waals surface area contributed by atoms with Crippen molar-refractivity contribution in [1.82, 2.24) is 14.5 Å². The van der Waals surface area contributed by atoms with E-state index in [0.29, 0.717) is 15.8 Å². The Kier molecular flexibility index (Phi) is 3.93. The molecule has 0 saturated carbocycles. The van der Waals surface area contributed by atoms with Crippen LogP contribution in [0.2, 0.25) is 0 Å². The van der Waals surface area contributed by atoms with Crippen molar-refractivity contribution in [2.24, 2.45) is 0 Å². The maximum Gasteiger partial charge on any atom is 0.416 e. The molecule has 0 saturated heterocycles. The Bertz CT molecular complexity index is 670. The highest BCUT2D eigenvalue weighted by molar-refractivity contribution is 7.71. The maximum absolute atomic E-state index is 12.7. The molecule has 2 rings (SSSR count). The molecule has 0 amide bonds. The van der Waals surface area contributed by atoms with Gasteiger partial charge in [0.2, 0.25) is 0 Å². The van der Waals surface area contributed by atoms with E-state index in [1.807, 2.05) is 30.5 Å². The number of fused-ring (bicyclic) bond motifs is 1. The number of nitrogens with zero attached hydrogens (tertiary/aromatic N) is 2. The van der Waals surface area contributed by atoms with Gasteiger partial charge in [0.05, 0.1) is 16.6 Å². The van der Waals surface area contributed by atoms with Gasteiger partial charge in [-0.05, 0) is 51.4 Å². The van der Waals surface area contributed by atoms with Crippen LogP contribution < -0.4 is 0 Å². The first-order valence-corrected chi connectivity index (χ1v) is 6.57. The lowest BCUT2D eigenvalue weighted by molar-refractivity contribution is -0.137. The first-order chi connectivity index (χ1) is 9.20. The zero-order valence-corrected chi connectivity index (χ0v) is 12.3. The molecular formula is C13H16F3N3S. The highest BCUT2D eigenvalue weighted by atomic mass is 32.1. The summed E-state index contributed by atoms with van der Waals surface area (Å²) in [6.45, 7) is 2.74. The van der Waals surface area contributed by atoms with Crippen molar-refractivity contribution >= 4 is 23.3 Å². The lowest BCUT2D eigenvalue weighted by Crippen LogP contribution is -2.22. The predicted octanol–water partition coefficient (Wildman–Crippen LogP) is 3.84. The fourth-order valence-electron chi connectivity index (χ4n) is 2.36. The fourth-order valence-corrected chi connectivity index (χ4v) is 2.74. The van der Waals surface area contributed by atoms with E-state index in [4.69, 9.17) is 12.2 Å². The van der Waals surface area contributed by atoms with Crippen LogP contribution in [-0.2, 0) is 6.18 Å². The van der Waals surface area contributed by atoms with Gasteiger partial charge in [-0.15, -0.1) is 0 Å². The van der Waals surface area contributed by atoms with Crippen LogP contribution in [-0.4, -0.2) is 35.1 Å². The number of aromatic nitrogens is 2. The third kappa shape index (κ3) is 2.88. The number of aromatic amines is 1. The second-order valence-corrected chi connectivity index (χ2v) is 5.53. The predicted molar refractivity (Wildman–Crippen MR) is 75.4 cm³/mol. The second kappa shape index (κ2) is 5.21. The zero-order valence-electron chi connectivity index (χ0n) is 11.5. The van der Waals surface area contributed by atoms with Crippen LogP contribution in [0.5, 0.6) is 0 Å². The van der Waals surface area contributed by atoms with Crippen LogP contribution in [0.3, 0.4) is 0 Å². The van der Waals surface area contributed by atoms with E-state index in [1.54, 1.807) is 0 Å². The number of rotatable bonds is 3. The van der Waals surface area contributed by atoms with E-state index >= 15 is 0 Å². The van der Waals surface area contributed by atoms with Gasteiger partial charge < -0.3 is 14.5 Å². The van der Waals surface area contributed by atoms with Crippen molar-refractivity contribution in [3.63, 3.8) is 0 Å². The van der Waals surface area contributed by atoms with Gasteiger partial charge in [-0.3, -0.25) is 0 Å². The van der Waals surface area contributed by atoms with E-state index in [1.165, 1.54) is 6.07 Å². The van der Waals surface area contributed by atoms with E-state index < -0.39 is 11.7 Å². The molecular weight excluding hydrogens is 287 g/mol. The molecule has 110 valence electrons. The number of hydrogen-bond donors (Lipinski definition) is 1. The third-order valence-corrected chi connectivity index (χ3v) is 3.41. The molecule has 1 aromatic heterocycles. The quantitative estimate of drug-likeness (QED) is 0.871. The van der Waals surface area contributed by atoms with Gasteiger partial charge in [0, 0.05) is 12.6 Å². The van der Waals surface area contributed by atoms with E-state index in [0.717, 1.165) is 18.7 Å². The summed E-state index contributed by atoms with van der Waals surface area (Å²) < 4.78 is 40.4. The summed E-state index contributed by atoms with van der Waals surface area (Å²) in [4.78, 5) is 4.86. The summed E-state index contributed by atoms with van der Waals surface area (Å²) in [7, 11) is 3.88. The molecule has 0 bridgehead atoms. The highest BCUT2D eigenvalue weighted by Gasteiger charge is 2.31. The number of hydrogen-bond acceptors (Lipinski definition) is 2. The van der Waals surface area contributed by atoms with Gasteiger partial charge in [-0.25, -0.2) is 0 Å². The molecule has 1 atom stereocenters. The topological polar surface area (TPSA) is 24.0 Å². The normalized spacial score (nSPS) is 14.2. The van der Waals surface area contributed by atoms with Crippen LogP contribution >= 0.6 is 12.2 Å². The molecule has 2 aromatic rings. The monoisotopic (exact) mass is 303 g/mol. The lowest BCUT2D eigenvalue weighted by atomic mass is 10.2. The van der Waals surface area contributed by atoms with Crippen LogP contribution in [0.15, 0.2) is 18.2 Å². The molecule has 0 aliphatic rings. The van der Waals surface area contributed by atoms with E-state index in [-0.39, 0.29) is 6.04 Å². The van der Waals surface area contributed by atoms with Gasteiger partial charge >= 0.3 is 6.18 Å². The van der Waals surface area contributed by atoms with Crippen LogP contribution in [0, 0.1) is 4.77 Å². The number of nitrogens with one attached hydrogen (secondary N) is 1. The molecule has 3 nitrogen and oxygen atoms in total. The van der Waals surface area contributed by atoms with Gasteiger partial charge in [0.1, 0.15) is 0 Å². The van der Waals surface area contributed by atoms with Crippen molar-refractivity contribution < 1.29 is 13.2 Å². The number of halogens is 3. The number of likely N-dealkylation sites (N-methyl/N-ethyl adjacent to an activating group) is 1. The smallest absolute Gasteiger partial charge is 0.331 e. The van der Waals surface area contributed by atoms with Gasteiger partial charge in [-0.1, -0.05) is 0 Å². The Morgan fingerprint density at radius 1 is 1.35 bits per heavy atom. The molecule has 0 radical (unpaired) electrons. The van der Waals surface area contributed by atoms with Crippen molar-refractivity contribution in [2.75, 3.05) is 20.6 Å². The zero-order chi connectivity index (χ0) is 15.1. The minimum absolute atomic E-state index is 0.0722. The number of imidazole rings is 1. The van der Waals surface area contributed by atoms with Crippen LogP contribution in [0.25, 0.3) is 11.0 Å². The highest BCUT2D eigenvalue weighted by Crippen LogP contribution is 2.31. The third-order valence-electron chi connectivity index (χ3n) is 3.11. The van der Waals surface area contributed by atoms with Crippen molar-refractivity contribution in [2.45, 2.75) is 19.1 Å². The molecule has 7 heteroatoms. The maximum atomic E-state index is 12.7. The number of alkyl halides is 3. The first kappa shape index (κ1) is 15.1. The summed E-state index contributed by atoms with van der Waals surface area (Å²) in [6.07, 6.45) is -4.35. The molecule has 1 unspecified atom stereocenters. The molecule has 0 aliphatic carbocycles. The molecule has 0 aliphatic heterocycles. The Hall–Kier alpha value is -1.34. The number of H-pyrrole nitrogens is 1. The largest absolute Gasteiger partial charge is 0.416 e. The fraction of sp³-hybridized carbons (Fsp3) is 0.462. The molecule has 20 heavy (non-hydrogen) atoms. The SMILES string of the molecule is CC(CN(C)C)n1c(=S)[nH]c2cc(C(F)(F)F)ccc21. The summed E-state index contributed by atoms with van der Waals surface area (Å²) in [5.41, 5.74) is 0.432. The molecule has 0 spiro atoms. The van der Waals surface area contributed by atoms with Crippen molar-refractivity contribution in [3.05, 3.63) is 28.5 Å². The van der Waals surface area contributed by atoms with Crippen LogP contribution in [0.4, 0.5) is 13.2 Å². The standard InChI is InChI=1S/C13H16F3N3S/c1-8(7-18(2)3)19-11-5-4-9(13(14,15)16)6-10(11)17-12(19)20/h4-6,8H,7H2,1-3H3,(H,17,20). The summed E-state index contributed by atoms with van der Waals surface area (Å²) >= 11 is 5.23. The average Bonchev–Trinajstić information content (AvgIpc) is 2.61. The summed E-state index contributed by atoms with van der Waals surface area (Å²) in [5.74, 6) is 0. The Balaban J connectivity index is 2.53.